The third kappa shape index (κ3) is 4.09. The third-order valence-electron chi connectivity index (χ3n) is 7.19. The van der Waals surface area contributed by atoms with Crippen LogP contribution in [0.25, 0.3) is 21.8 Å². The summed E-state index contributed by atoms with van der Waals surface area (Å²) in [7, 11) is 0. The minimum absolute atomic E-state index is 0.0194. The van der Waals surface area contributed by atoms with E-state index in [1.165, 1.54) is 12.8 Å². The van der Waals surface area contributed by atoms with Gasteiger partial charge in [-0.3, -0.25) is 14.8 Å². The second-order valence-corrected chi connectivity index (χ2v) is 9.34. The van der Waals surface area contributed by atoms with Gasteiger partial charge in [0.2, 0.25) is 12.3 Å². The Labute approximate surface area is 187 Å². The quantitative estimate of drug-likeness (QED) is 0.327. The Balaban J connectivity index is 1.41. The molecule has 1 aliphatic heterocycles. The molecule has 2 atom stereocenters. The van der Waals surface area contributed by atoms with E-state index in [9.17, 15) is 14.8 Å². The maximum absolute atomic E-state index is 13.6. The number of amides is 2. The average Bonchev–Trinajstić information content (AvgIpc) is 3.56. The maximum atomic E-state index is 13.6. The van der Waals surface area contributed by atoms with E-state index in [0.29, 0.717) is 23.9 Å². The van der Waals surface area contributed by atoms with Gasteiger partial charge < -0.3 is 9.88 Å². The molecular formula is C25H30N4O3. The van der Waals surface area contributed by atoms with Crippen LogP contribution in [0.4, 0.5) is 0 Å². The first-order chi connectivity index (χ1) is 15.6. The number of nitrogens with one attached hydrogen (secondary N) is 1. The van der Waals surface area contributed by atoms with E-state index in [0.717, 1.165) is 59.7 Å². The number of imidazole rings is 1. The fraction of sp³-hybridized carbons (Fsp3) is 0.480. The van der Waals surface area contributed by atoms with Gasteiger partial charge in [0.1, 0.15) is 5.82 Å². The summed E-state index contributed by atoms with van der Waals surface area (Å²) in [5.41, 5.74) is 1.88. The predicted octanol–water partition coefficient (Wildman–Crippen LogP) is 4.42. The molecule has 7 heteroatoms. The Morgan fingerprint density at radius 2 is 1.94 bits per heavy atom. The van der Waals surface area contributed by atoms with Gasteiger partial charge in [0.05, 0.1) is 29.5 Å². The number of carbonyl (C=O) groups excluding carboxylic acids is 2. The molecule has 1 saturated heterocycles. The van der Waals surface area contributed by atoms with Gasteiger partial charge in [-0.25, -0.2) is 10.0 Å². The number of nitrogens with zero attached hydrogens (tertiary/aromatic N) is 3. The lowest BCUT2D eigenvalue weighted by Crippen LogP contribution is -2.41. The molecule has 1 saturated carbocycles. The fourth-order valence-electron chi connectivity index (χ4n) is 5.59. The summed E-state index contributed by atoms with van der Waals surface area (Å²) in [5, 5.41) is 12.8. The molecule has 7 nitrogen and oxygen atoms in total. The molecule has 0 bridgehead atoms. The number of hydroxylamine groups is 2. The van der Waals surface area contributed by atoms with Crippen molar-refractivity contribution in [2.24, 2.45) is 11.8 Å². The van der Waals surface area contributed by atoms with Crippen LogP contribution in [0.2, 0.25) is 0 Å². The fourth-order valence-corrected chi connectivity index (χ4v) is 5.59. The Bertz CT molecular complexity index is 1070. The monoisotopic (exact) mass is 434 g/mol. The molecule has 3 aromatic rings. The van der Waals surface area contributed by atoms with Crippen LogP contribution in [0.1, 0.15) is 56.8 Å². The molecule has 168 valence electrons. The van der Waals surface area contributed by atoms with Crippen molar-refractivity contribution in [2.45, 2.75) is 51.0 Å². The van der Waals surface area contributed by atoms with Crippen LogP contribution in [0, 0.1) is 11.8 Å². The molecule has 2 fully saturated rings. The molecule has 1 aromatic heterocycles. The molecule has 32 heavy (non-hydrogen) atoms. The number of hydrogen-bond donors (Lipinski definition) is 2. The first-order valence-corrected chi connectivity index (χ1v) is 11.7. The highest BCUT2D eigenvalue weighted by Crippen LogP contribution is 2.36. The van der Waals surface area contributed by atoms with Crippen molar-refractivity contribution in [3.05, 3.63) is 42.2 Å². The second-order valence-electron chi connectivity index (χ2n) is 9.34. The molecule has 2 heterocycles. The zero-order chi connectivity index (χ0) is 22.1. The topological polar surface area (TPSA) is 89.5 Å². The zero-order valence-electron chi connectivity index (χ0n) is 18.2. The van der Waals surface area contributed by atoms with Crippen LogP contribution in [0.15, 0.2) is 36.4 Å². The number of aromatic amines is 1. The van der Waals surface area contributed by atoms with Gasteiger partial charge >= 0.3 is 0 Å². The number of benzene rings is 2. The lowest BCUT2D eigenvalue weighted by molar-refractivity contribution is -0.157. The number of likely N-dealkylation sites (tertiary alicyclic amines) is 1. The van der Waals surface area contributed by atoms with Crippen molar-refractivity contribution < 1.29 is 14.8 Å². The van der Waals surface area contributed by atoms with Crippen LogP contribution < -0.4 is 0 Å². The van der Waals surface area contributed by atoms with Crippen LogP contribution in [-0.2, 0) is 9.59 Å². The van der Waals surface area contributed by atoms with Crippen molar-refractivity contribution in [2.75, 3.05) is 13.1 Å². The van der Waals surface area contributed by atoms with Gasteiger partial charge in [0.15, 0.2) is 0 Å². The average molecular weight is 435 g/mol. The number of fused-ring (bicyclic) bond motifs is 2. The SMILES string of the molecule is O=CN(O)C[C@H](CC1CCCC1)C(=O)N1CCC[C@H]1c1nc2cc3ccccc3cc2[nH]1. The highest BCUT2D eigenvalue weighted by atomic mass is 16.5. The Morgan fingerprint density at radius 3 is 2.69 bits per heavy atom. The standard InChI is InChI=1S/C25H30N4O3/c30-16-28(32)15-20(12-17-6-1-2-7-17)25(31)29-11-5-10-23(29)24-26-21-13-18-8-3-4-9-19(18)14-22(21)27-24/h3-4,8-9,13-14,16-17,20,23,32H,1-2,5-7,10-12,15H2,(H,26,27)/t20-,23-/m0/s1. The van der Waals surface area contributed by atoms with Gasteiger partial charge in [-0.1, -0.05) is 49.9 Å². The van der Waals surface area contributed by atoms with Gasteiger partial charge in [-0.15, -0.1) is 0 Å². The van der Waals surface area contributed by atoms with Crippen molar-refractivity contribution in [3.8, 4) is 0 Å². The molecule has 2 aliphatic rings. The molecule has 0 radical (unpaired) electrons. The number of rotatable bonds is 7. The van der Waals surface area contributed by atoms with Crippen molar-refractivity contribution in [3.63, 3.8) is 0 Å². The minimum Gasteiger partial charge on any atom is -0.340 e. The summed E-state index contributed by atoms with van der Waals surface area (Å²) in [6.07, 6.45) is 7.52. The highest BCUT2D eigenvalue weighted by molar-refractivity contribution is 5.95. The van der Waals surface area contributed by atoms with Gasteiger partial charge in [0.25, 0.3) is 0 Å². The van der Waals surface area contributed by atoms with Crippen molar-refractivity contribution >= 4 is 34.1 Å². The number of aromatic nitrogens is 2. The summed E-state index contributed by atoms with van der Waals surface area (Å²) >= 11 is 0. The summed E-state index contributed by atoms with van der Waals surface area (Å²) in [6.45, 7) is 0.726. The lowest BCUT2D eigenvalue weighted by Gasteiger charge is -2.30. The van der Waals surface area contributed by atoms with Gasteiger partial charge in [0, 0.05) is 6.54 Å². The molecule has 0 spiro atoms. The molecular weight excluding hydrogens is 404 g/mol. The van der Waals surface area contributed by atoms with E-state index >= 15 is 0 Å². The second kappa shape index (κ2) is 8.90. The molecule has 2 N–H and O–H groups in total. The number of hydrogen-bond acceptors (Lipinski definition) is 4. The Morgan fingerprint density at radius 1 is 1.19 bits per heavy atom. The zero-order valence-corrected chi connectivity index (χ0v) is 18.2. The minimum atomic E-state index is -0.388. The van der Waals surface area contributed by atoms with E-state index in [1.54, 1.807) is 0 Å². The highest BCUT2D eigenvalue weighted by Gasteiger charge is 2.37. The van der Waals surface area contributed by atoms with Crippen LogP contribution in [0.3, 0.4) is 0 Å². The maximum Gasteiger partial charge on any atom is 0.233 e. The molecule has 5 rings (SSSR count). The summed E-state index contributed by atoms with van der Waals surface area (Å²) in [5.74, 6) is 0.937. The molecule has 2 amide bonds. The largest absolute Gasteiger partial charge is 0.340 e. The van der Waals surface area contributed by atoms with E-state index < -0.39 is 0 Å². The normalized spacial score (nSPS) is 20.3. The predicted molar refractivity (Wildman–Crippen MR) is 122 cm³/mol. The van der Waals surface area contributed by atoms with Gasteiger partial charge in [-0.2, -0.15) is 0 Å². The van der Waals surface area contributed by atoms with E-state index in [1.807, 2.05) is 17.0 Å². The van der Waals surface area contributed by atoms with Crippen LogP contribution in [-0.4, -0.2) is 50.5 Å². The van der Waals surface area contributed by atoms with Crippen molar-refractivity contribution in [1.29, 1.82) is 0 Å². The molecule has 2 aromatic carbocycles. The molecule has 1 aliphatic carbocycles. The Hall–Kier alpha value is -2.93. The molecule has 0 unspecified atom stereocenters. The van der Waals surface area contributed by atoms with Crippen LogP contribution in [0.5, 0.6) is 0 Å². The summed E-state index contributed by atoms with van der Waals surface area (Å²) in [4.78, 5) is 34.9. The summed E-state index contributed by atoms with van der Waals surface area (Å²) in [6, 6.07) is 12.3. The van der Waals surface area contributed by atoms with E-state index in [4.69, 9.17) is 4.98 Å². The number of H-pyrrole nitrogens is 1. The lowest BCUT2D eigenvalue weighted by atomic mass is 9.91. The van der Waals surface area contributed by atoms with Crippen LogP contribution >= 0.6 is 0 Å². The third-order valence-corrected chi connectivity index (χ3v) is 7.19. The van der Waals surface area contributed by atoms with Crippen molar-refractivity contribution in [1.82, 2.24) is 19.9 Å². The Kier molecular flexibility index (Phi) is 5.83. The van der Waals surface area contributed by atoms with E-state index in [-0.39, 0.29) is 24.4 Å². The van der Waals surface area contributed by atoms with Gasteiger partial charge in [-0.05, 0) is 48.1 Å². The first kappa shape index (κ1) is 20.9. The summed E-state index contributed by atoms with van der Waals surface area (Å²) < 4.78 is 0. The first-order valence-electron chi connectivity index (χ1n) is 11.7. The smallest absolute Gasteiger partial charge is 0.233 e. The number of carbonyl (C=O) groups is 2. The van der Waals surface area contributed by atoms with E-state index in [2.05, 4.69) is 29.2 Å².